The fraction of sp³-hybridized carbons (Fsp3) is 0.529. The molecule has 0 spiro atoms. The van der Waals surface area contributed by atoms with Crippen LogP contribution in [0.2, 0.25) is 0 Å². The van der Waals surface area contributed by atoms with E-state index in [9.17, 15) is 13.8 Å². The molecule has 1 N–H and O–H groups in total. The normalized spacial score (nSPS) is 19.3. The molecule has 23 heavy (non-hydrogen) atoms. The maximum absolute atomic E-state index is 12.8. The van der Waals surface area contributed by atoms with Gasteiger partial charge in [0.05, 0.1) is 0 Å². The van der Waals surface area contributed by atoms with E-state index < -0.39 is 16.8 Å². The van der Waals surface area contributed by atoms with Crippen LogP contribution >= 0.6 is 0 Å². The first kappa shape index (κ1) is 17.7. The van der Waals surface area contributed by atoms with Gasteiger partial charge in [0.15, 0.2) is 0 Å². The number of hydrogen-bond acceptors (Lipinski definition) is 3. The molecule has 1 heterocycles. The summed E-state index contributed by atoms with van der Waals surface area (Å²) in [4.78, 5) is 25.4. The average molecular weight is 337 g/mol. The van der Waals surface area contributed by atoms with Gasteiger partial charge in [-0.2, -0.15) is 0 Å². The predicted molar refractivity (Wildman–Crippen MR) is 89.8 cm³/mol. The predicted octanol–water partition coefficient (Wildman–Crippen LogP) is 2.42. The number of amides is 1. The quantitative estimate of drug-likeness (QED) is 0.865. The minimum absolute atomic E-state index is 0.00341. The molecule has 0 saturated carbocycles. The summed E-state index contributed by atoms with van der Waals surface area (Å²) in [5, 5.41) is 8.87. The Morgan fingerprint density at radius 3 is 2.83 bits per heavy atom. The van der Waals surface area contributed by atoms with Gasteiger partial charge >= 0.3 is 5.97 Å². The topological polar surface area (TPSA) is 74.7 Å². The summed E-state index contributed by atoms with van der Waals surface area (Å²) in [5.74, 6) is -0.442. The first-order valence-corrected chi connectivity index (χ1v) is 9.62. The lowest BCUT2D eigenvalue weighted by atomic mass is 9.96. The molecule has 0 aliphatic carbocycles. The number of carboxylic acids is 1. The lowest BCUT2D eigenvalue weighted by molar-refractivity contribution is -0.137. The second-order valence-electron chi connectivity index (χ2n) is 6.00. The smallest absolute Gasteiger partial charge is 0.303 e. The molecule has 1 aromatic rings. The van der Waals surface area contributed by atoms with Gasteiger partial charge in [0.1, 0.15) is 0 Å². The van der Waals surface area contributed by atoms with Crippen LogP contribution in [0, 0.1) is 0 Å². The second-order valence-corrected chi connectivity index (χ2v) is 7.43. The highest BCUT2D eigenvalue weighted by Gasteiger charge is 2.27. The SMILES string of the molecule is C[S@@](=O)Cc1cccc(C(=O)N2CCCC[C@@H]2CCC(=O)O)c1. The number of carbonyl (C=O) groups is 2. The summed E-state index contributed by atoms with van der Waals surface area (Å²) < 4.78 is 11.4. The van der Waals surface area contributed by atoms with Gasteiger partial charge in [-0.3, -0.25) is 13.8 Å². The van der Waals surface area contributed by atoms with Crippen LogP contribution in [0.1, 0.15) is 48.0 Å². The molecule has 0 unspecified atom stereocenters. The molecule has 2 rings (SSSR count). The minimum atomic E-state index is -0.948. The maximum Gasteiger partial charge on any atom is 0.303 e. The fourth-order valence-electron chi connectivity index (χ4n) is 3.05. The van der Waals surface area contributed by atoms with E-state index in [2.05, 4.69) is 0 Å². The Morgan fingerprint density at radius 2 is 2.13 bits per heavy atom. The van der Waals surface area contributed by atoms with Crippen molar-refractivity contribution in [3.05, 3.63) is 35.4 Å². The zero-order valence-corrected chi connectivity index (χ0v) is 14.2. The Morgan fingerprint density at radius 1 is 1.35 bits per heavy atom. The standard InChI is InChI=1S/C17H23NO4S/c1-23(22)12-13-5-4-6-14(11-13)17(21)18-10-3-2-7-15(18)8-9-16(19)20/h4-6,11,15H,2-3,7-10,12H2,1H3,(H,19,20)/t15-,23-/m1/s1. The molecule has 6 heteroatoms. The van der Waals surface area contributed by atoms with Crippen molar-refractivity contribution in [2.45, 2.75) is 43.9 Å². The molecule has 5 nitrogen and oxygen atoms in total. The van der Waals surface area contributed by atoms with E-state index in [-0.39, 0.29) is 18.4 Å². The highest BCUT2D eigenvalue weighted by molar-refractivity contribution is 7.83. The van der Waals surface area contributed by atoms with E-state index in [0.717, 1.165) is 24.8 Å². The van der Waals surface area contributed by atoms with Crippen molar-refractivity contribution in [1.82, 2.24) is 4.90 Å². The van der Waals surface area contributed by atoms with Crippen molar-refractivity contribution in [1.29, 1.82) is 0 Å². The number of piperidine rings is 1. The second kappa shape index (κ2) is 8.24. The Bertz CT molecular complexity index is 602. The van der Waals surface area contributed by atoms with Crippen molar-refractivity contribution < 1.29 is 18.9 Å². The van der Waals surface area contributed by atoms with Gasteiger partial charge in [-0.1, -0.05) is 12.1 Å². The molecular formula is C17H23NO4S. The van der Waals surface area contributed by atoms with Crippen LogP contribution in [0.4, 0.5) is 0 Å². The van der Waals surface area contributed by atoms with Crippen molar-refractivity contribution in [3.8, 4) is 0 Å². The van der Waals surface area contributed by atoms with Crippen LogP contribution in [0.25, 0.3) is 0 Å². The first-order valence-electron chi connectivity index (χ1n) is 7.89. The van der Waals surface area contributed by atoms with Crippen molar-refractivity contribution in [3.63, 3.8) is 0 Å². The largest absolute Gasteiger partial charge is 0.481 e. The molecule has 2 atom stereocenters. The van der Waals surface area contributed by atoms with E-state index in [4.69, 9.17) is 5.11 Å². The molecule has 1 saturated heterocycles. The molecule has 126 valence electrons. The van der Waals surface area contributed by atoms with E-state index in [1.165, 1.54) is 0 Å². The number of rotatable bonds is 6. The van der Waals surface area contributed by atoms with Crippen LogP contribution in [-0.2, 0) is 21.3 Å². The highest BCUT2D eigenvalue weighted by Crippen LogP contribution is 2.23. The van der Waals surface area contributed by atoms with Crippen LogP contribution in [0.3, 0.4) is 0 Å². The fourth-order valence-corrected chi connectivity index (χ4v) is 3.70. The first-order chi connectivity index (χ1) is 11.0. The summed E-state index contributed by atoms with van der Waals surface area (Å²) in [7, 11) is -0.948. The van der Waals surface area contributed by atoms with Crippen molar-refractivity contribution in [2.75, 3.05) is 12.8 Å². The van der Waals surface area contributed by atoms with Crippen molar-refractivity contribution >= 4 is 22.7 Å². The molecular weight excluding hydrogens is 314 g/mol. The monoisotopic (exact) mass is 337 g/mol. The number of likely N-dealkylation sites (tertiary alicyclic amines) is 1. The van der Waals surface area contributed by atoms with Crippen LogP contribution < -0.4 is 0 Å². The zero-order valence-electron chi connectivity index (χ0n) is 13.4. The highest BCUT2D eigenvalue weighted by atomic mass is 32.2. The summed E-state index contributed by atoms with van der Waals surface area (Å²) >= 11 is 0. The number of aliphatic carboxylic acids is 1. The number of nitrogens with zero attached hydrogens (tertiary/aromatic N) is 1. The Labute approximate surface area is 139 Å². The third-order valence-electron chi connectivity index (χ3n) is 4.12. The van der Waals surface area contributed by atoms with Gasteiger partial charge in [0.25, 0.3) is 5.91 Å². The van der Waals surface area contributed by atoms with E-state index in [1.807, 2.05) is 17.0 Å². The molecule has 0 radical (unpaired) electrons. The molecule has 1 fully saturated rings. The van der Waals surface area contributed by atoms with Gasteiger partial charge in [-0.15, -0.1) is 0 Å². The molecule has 0 aromatic heterocycles. The molecule has 0 bridgehead atoms. The summed E-state index contributed by atoms with van der Waals surface area (Å²) in [5.41, 5.74) is 1.48. The zero-order chi connectivity index (χ0) is 16.8. The van der Waals surface area contributed by atoms with Gasteiger partial charge in [-0.05, 0) is 43.4 Å². The minimum Gasteiger partial charge on any atom is -0.481 e. The van der Waals surface area contributed by atoms with E-state index in [1.54, 1.807) is 18.4 Å². The molecule has 1 aliphatic rings. The van der Waals surface area contributed by atoms with Crippen LogP contribution in [-0.4, -0.2) is 44.9 Å². The van der Waals surface area contributed by atoms with E-state index >= 15 is 0 Å². The van der Waals surface area contributed by atoms with Crippen molar-refractivity contribution in [2.24, 2.45) is 0 Å². The Kier molecular flexibility index (Phi) is 6.33. The lowest BCUT2D eigenvalue weighted by Gasteiger charge is -2.35. The lowest BCUT2D eigenvalue weighted by Crippen LogP contribution is -2.44. The van der Waals surface area contributed by atoms with Gasteiger partial charge in [0, 0.05) is 47.4 Å². The third kappa shape index (κ3) is 5.16. The number of hydrogen-bond donors (Lipinski definition) is 1. The van der Waals surface area contributed by atoms with E-state index in [0.29, 0.717) is 24.3 Å². The number of carbonyl (C=O) groups excluding carboxylic acids is 1. The molecule has 1 aromatic carbocycles. The molecule has 1 amide bonds. The van der Waals surface area contributed by atoms with Crippen LogP contribution in [0.15, 0.2) is 24.3 Å². The number of benzene rings is 1. The summed E-state index contributed by atoms with van der Waals surface area (Å²) in [6.45, 7) is 0.674. The summed E-state index contributed by atoms with van der Waals surface area (Å²) in [6.07, 6.45) is 5.07. The van der Waals surface area contributed by atoms with Gasteiger partial charge in [-0.25, -0.2) is 0 Å². The summed E-state index contributed by atoms with van der Waals surface area (Å²) in [6, 6.07) is 7.25. The van der Waals surface area contributed by atoms with Gasteiger partial charge < -0.3 is 10.0 Å². The maximum atomic E-state index is 12.8. The van der Waals surface area contributed by atoms with Crippen LogP contribution in [0.5, 0.6) is 0 Å². The third-order valence-corrected chi connectivity index (χ3v) is 4.86. The average Bonchev–Trinajstić information content (AvgIpc) is 2.52. The Balaban J connectivity index is 2.13. The number of carboxylic acid groups (broad SMARTS) is 1. The Hall–Kier alpha value is -1.69. The van der Waals surface area contributed by atoms with Gasteiger partial charge in [0.2, 0.25) is 0 Å². The molecule has 1 aliphatic heterocycles.